The summed E-state index contributed by atoms with van der Waals surface area (Å²) in [5, 5.41) is 8.99. The molecule has 0 amide bonds. The van der Waals surface area contributed by atoms with Gasteiger partial charge in [0.2, 0.25) is 5.95 Å². The lowest BCUT2D eigenvalue weighted by atomic mass is 10.1. The maximum atomic E-state index is 13.2. The normalized spacial score (nSPS) is 14.2. The lowest BCUT2D eigenvalue weighted by molar-refractivity contribution is 0.122. The minimum atomic E-state index is -0.396. The number of hydrogen-bond acceptors (Lipinski definition) is 7. The number of anilines is 1. The molecule has 0 saturated carbocycles. The van der Waals surface area contributed by atoms with Gasteiger partial charge in [-0.05, 0) is 24.3 Å². The quantitative estimate of drug-likeness (QED) is 0.680. The number of ether oxygens (including phenoxy) is 1. The Hall–Kier alpha value is -3.38. The van der Waals surface area contributed by atoms with Gasteiger partial charge in [0.1, 0.15) is 17.0 Å². The van der Waals surface area contributed by atoms with E-state index in [0.717, 1.165) is 0 Å². The van der Waals surface area contributed by atoms with Crippen LogP contribution in [0.3, 0.4) is 0 Å². The predicted octanol–water partition coefficient (Wildman–Crippen LogP) is 1.74. The van der Waals surface area contributed by atoms with Gasteiger partial charge >= 0.3 is 0 Å². The van der Waals surface area contributed by atoms with Crippen LogP contribution in [0.1, 0.15) is 6.42 Å². The molecule has 8 nitrogen and oxygen atoms in total. The molecule has 0 radical (unpaired) electrons. The van der Waals surface area contributed by atoms with Crippen molar-refractivity contribution in [1.82, 2.24) is 19.5 Å². The van der Waals surface area contributed by atoms with E-state index < -0.39 is 5.82 Å². The minimum absolute atomic E-state index is 0.152. The van der Waals surface area contributed by atoms with E-state index in [-0.39, 0.29) is 24.2 Å². The van der Waals surface area contributed by atoms with Crippen molar-refractivity contribution in [2.75, 3.05) is 31.2 Å². The maximum Gasteiger partial charge on any atom is 0.278 e. The van der Waals surface area contributed by atoms with E-state index in [0.29, 0.717) is 49.0 Å². The van der Waals surface area contributed by atoms with Gasteiger partial charge in [-0.25, -0.2) is 14.4 Å². The van der Waals surface area contributed by atoms with E-state index >= 15 is 0 Å². The molecule has 0 unspecified atom stereocenters. The second-order valence-electron chi connectivity index (χ2n) is 6.31. The first-order chi connectivity index (χ1) is 13.7. The highest BCUT2D eigenvalue weighted by Gasteiger charge is 2.18. The van der Waals surface area contributed by atoms with Crippen molar-refractivity contribution in [2.45, 2.75) is 13.0 Å². The zero-order valence-corrected chi connectivity index (χ0v) is 15.0. The molecule has 0 N–H and O–H groups in total. The highest BCUT2D eigenvalue weighted by atomic mass is 19.1. The Labute approximate surface area is 159 Å². The monoisotopic (exact) mass is 380 g/mol. The van der Waals surface area contributed by atoms with Gasteiger partial charge in [0.05, 0.1) is 31.9 Å². The van der Waals surface area contributed by atoms with Crippen molar-refractivity contribution in [3.8, 4) is 17.3 Å². The number of aryl methyl sites for hydroxylation is 1. The molecule has 4 rings (SSSR count). The molecule has 0 aliphatic carbocycles. The molecule has 3 heterocycles. The van der Waals surface area contributed by atoms with Crippen LogP contribution in [-0.2, 0) is 11.3 Å². The number of nitrogens with zero attached hydrogens (tertiary/aromatic N) is 6. The van der Waals surface area contributed by atoms with E-state index in [1.807, 2.05) is 4.90 Å². The summed E-state index contributed by atoms with van der Waals surface area (Å²) in [5.74, 6) is 0.102. The average molecular weight is 380 g/mol. The lowest BCUT2D eigenvalue weighted by Crippen LogP contribution is -2.37. The van der Waals surface area contributed by atoms with Crippen LogP contribution in [-0.4, -0.2) is 45.8 Å². The summed E-state index contributed by atoms with van der Waals surface area (Å²) < 4.78 is 20.0. The third kappa shape index (κ3) is 3.42. The maximum absolute atomic E-state index is 13.2. The Morgan fingerprint density at radius 3 is 2.64 bits per heavy atom. The highest BCUT2D eigenvalue weighted by molar-refractivity contribution is 5.74. The Morgan fingerprint density at radius 1 is 1.18 bits per heavy atom. The van der Waals surface area contributed by atoms with E-state index in [2.05, 4.69) is 21.0 Å². The number of fused-ring (bicyclic) bond motifs is 1. The number of halogens is 1. The van der Waals surface area contributed by atoms with E-state index in [4.69, 9.17) is 10.00 Å². The van der Waals surface area contributed by atoms with Crippen LogP contribution in [0.2, 0.25) is 0 Å². The molecule has 0 atom stereocenters. The van der Waals surface area contributed by atoms with Crippen LogP contribution < -0.4 is 10.5 Å². The molecule has 142 valence electrons. The standard InChI is InChI=1S/C19H17FN6O2/c20-14-4-2-13(3-5-14)16-18(27)26(7-1-6-21)17-15(23-16)12-22-19(24-17)25-8-10-28-11-9-25/h2-5,12H,1,7-11H2. The van der Waals surface area contributed by atoms with Crippen LogP contribution in [0.5, 0.6) is 0 Å². The predicted molar refractivity (Wildman–Crippen MR) is 100 cm³/mol. The fraction of sp³-hybridized carbons (Fsp3) is 0.316. The molecule has 9 heteroatoms. The number of morpholine rings is 1. The fourth-order valence-corrected chi connectivity index (χ4v) is 3.11. The summed E-state index contributed by atoms with van der Waals surface area (Å²) in [7, 11) is 0. The van der Waals surface area contributed by atoms with Crippen LogP contribution in [0.15, 0.2) is 35.3 Å². The van der Waals surface area contributed by atoms with Gasteiger partial charge < -0.3 is 9.64 Å². The zero-order chi connectivity index (χ0) is 19.5. The Morgan fingerprint density at radius 2 is 1.93 bits per heavy atom. The van der Waals surface area contributed by atoms with E-state index in [1.165, 1.54) is 28.8 Å². The van der Waals surface area contributed by atoms with Crippen LogP contribution in [0.4, 0.5) is 10.3 Å². The molecule has 2 aromatic heterocycles. The van der Waals surface area contributed by atoms with Gasteiger partial charge in [-0.15, -0.1) is 0 Å². The van der Waals surface area contributed by atoms with Crippen molar-refractivity contribution in [2.24, 2.45) is 0 Å². The van der Waals surface area contributed by atoms with Crippen molar-refractivity contribution >= 4 is 17.1 Å². The smallest absolute Gasteiger partial charge is 0.278 e. The second kappa shape index (κ2) is 7.70. The first kappa shape index (κ1) is 18.0. The molecule has 1 saturated heterocycles. The largest absolute Gasteiger partial charge is 0.378 e. The summed E-state index contributed by atoms with van der Waals surface area (Å²) in [5.41, 5.74) is 1.11. The van der Waals surface area contributed by atoms with Gasteiger partial charge in [-0.2, -0.15) is 10.2 Å². The second-order valence-corrected chi connectivity index (χ2v) is 6.31. The molecule has 1 aliphatic heterocycles. The first-order valence-corrected chi connectivity index (χ1v) is 8.90. The molecule has 0 spiro atoms. The van der Waals surface area contributed by atoms with Gasteiger partial charge in [-0.3, -0.25) is 9.36 Å². The Bertz CT molecular complexity index is 1100. The summed E-state index contributed by atoms with van der Waals surface area (Å²) in [6, 6.07) is 7.61. The molecular weight excluding hydrogens is 363 g/mol. The van der Waals surface area contributed by atoms with E-state index in [1.54, 1.807) is 6.20 Å². The minimum Gasteiger partial charge on any atom is -0.378 e. The third-order valence-corrected chi connectivity index (χ3v) is 4.53. The average Bonchev–Trinajstić information content (AvgIpc) is 2.74. The lowest BCUT2D eigenvalue weighted by Gasteiger charge is -2.26. The van der Waals surface area contributed by atoms with Crippen LogP contribution >= 0.6 is 0 Å². The molecule has 28 heavy (non-hydrogen) atoms. The molecule has 1 aliphatic rings. The van der Waals surface area contributed by atoms with Crippen LogP contribution in [0.25, 0.3) is 22.4 Å². The molecule has 1 aromatic carbocycles. The summed E-state index contributed by atoms with van der Waals surface area (Å²) in [6.45, 7) is 2.68. The summed E-state index contributed by atoms with van der Waals surface area (Å²) in [6.07, 6.45) is 1.72. The molecule has 0 bridgehead atoms. The highest BCUT2D eigenvalue weighted by Crippen LogP contribution is 2.19. The fourth-order valence-electron chi connectivity index (χ4n) is 3.11. The first-order valence-electron chi connectivity index (χ1n) is 8.90. The number of aromatic nitrogens is 4. The number of rotatable bonds is 4. The van der Waals surface area contributed by atoms with Crippen molar-refractivity contribution < 1.29 is 9.13 Å². The summed E-state index contributed by atoms with van der Waals surface area (Å²) >= 11 is 0. The molecule has 1 fully saturated rings. The summed E-state index contributed by atoms with van der Waals surface area (Å²) in [4.78, 5) is 28.4. The van der Waals surface area contributed by atoms with Gasteiger partial charge in [0, 0.05) is 25.2 Å². The zero-order valence-electron chi connectivity index (χ0n) is 15.0. The van der Waals surface area contributed by atoms with Crippen molar-refractivity contribution in [1.29, 1.82) is 5.26 Å². The number of hydrogen-bond donors (Lipinski definition) is 0. The van der Waals surface area contributed by atoms with Crippen LogP contribution in [0, 0.1) is 17.1 Å². The van der Waals surface area contributed by atoms with E-state index in [9.17, 15) is 9.18 Å². The molecular formula is C19H17FN6O2. The van der Waals surface area contributed by atoms with Gasteiger partial charge in [-0.1, -0.05) is 0 Å². The topological polar surface area (TPSA) is 96.9 Å². The van der Waals surface area contributed by atoms with Gasteiger partial charge in [0.25, 0.3) is 5.56 Å². The Balaban J connectivity index is 1.87. The van der Waals surface area contributed by atoms with Gasteiger partial charge in [0.15, 0.2) is 5.65 Å². The third-order valence-electron chi connectivity index (χ3n) is 4.53. The van der Waals surface area contributed by atoms with Crippen molar-refractivity contribution in [3.05, 3.63) is 46.6 Å². The van der Waals surface area contributed by atoms with Crippen molar-refractivity contribution in [3.63, 3.8) is 0 Å². The molecule has 3 aromatic rings. The number of benzene rings is 1. The Kier molecular flexibility index (Phi) is 4.95. The number of nitriles is 1. The SMILES string of the molecule is N#CCCn1c(=O)c(-c2ccc(F)cc2)nc2cnc(N3CCOCC3)nc21.